The van der Waals surface area contributed by atoms with Crippen LogP contribution in [0.15, 0.2) is 12.1 Å². The molecule has 0 aliphatic carbocycles. The van der Waals surface area contributed by atoms with Crippen molar-refractivity contribution in [1.29, 1.82) is 0 Å². The third-order valence-electron chi connectivity index (χ3n) is 2.94. The smallest absolute Gasteiger partial charge is 0.355 e. The second kappa shape index (κ2) is 4.78. The van der Waals surface area contributed by atoms with Crippen LogP contribution in [0.25, 0.3) is 5.65 Å². The lowest BCUT2D eigenvalue weighted by Crippen LogP contribution is -2.15. The summed E-state index contributed by atoms with van der Waals surface area (Å²) in [5, 5.41) is 0. The molecule has 0 bridgehead atoms. The zero-order valence-electron chi connectivity index (χ0n) is 10.9. The molecule has 0 spiro atoms. The minimum Gasteiger partial charge on any atom is -0.461 e. The molecule has 18 heavy (non-hydrogen) atoms. The van der Waals surface area contributed by atoms with E-state index in [-0.39, 0.29) is 5.97 Å². The maximum atomic E-state index is 12.0. The SMILES string of the molecule is CCOC(=O)c1c(C)ccc2nc(C)c(CN)n12. The van der Waals surface area contributed by atoms with Crippen LogP contribution in [0.5, 0.6) is 0 Å². The molecule has 0 saturated carbocycles. The van der Waals surface area contributed by atoms with E-state index in [1.54, 1.807) is 11.3 Å². The number of rotatable bonds is 3. The van der Waals surface area contributed by atoms with Crippen molar-refractivity contribution in [1.82, 2.24) is 9.38 Å². The van der Waals surface area contributed by atoms with E-state index in [2.05, 4.69) is 4.98 Å². The van der Waals surface area contributed by atoms with E-state index >= 15 is 0 Å². The summed E-state index contributed by atoms with van der Waals surface area (Å²) >= 11 is 0. The van der Waals surface area contributed by atoms with Gasteiger partial charge in [0.1, 0.15) is 11.3 Å². The minimum absolute atomic E-state index is 0.336. The summed E-state index contributed by atoms with van der Waals surface area (Å²) in [6.07, 6.45) is 0. The Bertz CT molecular complexity index is 602. The third kappa shape index (κ3) is 1.86. The summed E-state index contributed by atoms with van der Waals surface area (Å²) in [6.45, 7) is 6.24. The first-order chi connectivity index (χ1) is 8.60. The Morgan fingerprint density at radius 3 is 2.78 bits per heavy atom. The van der Waals surface area contributed by atoms with E-state index in [0.29, 0.717) is 18.8 Å². The Hall–Kier alpha value is -1.88. The Morgan fingerprint density at radius 1 is 1.44 bits per heavy atom. The number of fused-ring (bicyclic) bond motifs is 1. The highest BCUT2D eigenvalue weighted by Gasteiger charge is 2.18. The molecule has 0 aliphatic heterocycles. The van der Waals surface area contributed by atoms with Gasteiger partial charge in [-0.05, 0) is 32.4 Å². The topological polar surface area (TPSA) is 69.6 Å². The fraction of sp³-hybridized carbons (Fsp3) is 0.385. The predicted molar refractivity (Wildman–Crippen MR) is 68.5 cm³/mol. The van der Waals surface area contributed by atoms with Crippen LogP contribution in [0.4, 0.5) is 0 Å². The molecule has 2 aromatic rings. The predicted octanol–water partition coefficient (Wildman–Crippen LogP) is 1.59. The molecule has 2 rings (SSSR count). The lowest BCUT2D eigenvalue weighted by molar-refractivity contribution is 0.0516. The zero-order chi connectivity index (χ0) is 13.3. The van der Waals surface area contributed by atoms with Crippen LogP contribution < -0.4 is 5.73 Å². The van der Waals surface area contributed by atoms with Crippen LogP contribution in [-0.4, -0.2) is 22.0 Å². The molecule has 5 heteroatoms. The van der Waals surface area contributed by atoms with Crippen molar-refractivity contribution in [3.63, 3.8) is 0 Å². The fourth-order valence-corrected chi connectivity index (χ4v) is 2.09. The fourth-order valence-electron chi connectivity index (χ4n) is 2.09. The quantitative estimate of drug-likeness (QED) is 0.836. The second-order valence-electron chi connectivity index (χ2n) is 4.13. The molecule has 96 valence electrons. The number of carbonyl (C=O) groups is 1. The van der Waals surface area contributed by atoms with Gasteiger partial charge in [-0.3, -0.25) is 4.40 Å². The molecule has 2 aromatic heterocycles. The van der Waals surface area contributed by atoms with Gasteiger partial charge < -0.3 is 10.5 Å². The maximum Gasteiger partial charge on any atom is 0.355 e. The lowest BCUT2D eigenvalue weighted by atomic mass is 10.2. The molecule has 0 unspecified atom stereocenters. The van der Waals surface area contributed by atoms with Crippen molar-refractivity contribution in [2.24, 2.45) is 5.73 Å². The summed E-state index contributed by atoms with van der Waals surface area (Å²) < 4.78 is 6.89. The Labute approximate surface area is 106 Å². The number of hydrogen-bond acceptors (Lipinski definition) is 4. The van der Waals surface area contributed by atoms with E-state index in [4.69, 9.17) is 10.5 Å². The van der Waals surface area contributed by atoms with E-state index < -0.39 is 0 Å². The highest BCUT2D eigenvalue weighted by Crippen LogP contribution is 2.18. The molecule has 0 radical (unpaired) electrons. The van der Waals surface area contributed by atoms with E-state index in [1.165, 1.54) is 0 Å². The molecule has 0 aromatic carbocycles. The molecule has 2 N–H and O–H groups in total. The number of ether oxygens (including phenoxy) is 1. The monoisotopic (exact) mass is 247 g/mol. The van der Waals surface area contributed by atoms with Crippen molar-refractivity contribution in [2.75, 3.05) is 6.61 Å². The van der Waals surface area contributed by atoms with Crippen LogP contribution in [0.3, 0.4) is 0 Å². The van der Waals surface area contributed by atoms with E-state index in [1.807, 2.05) is 26.0 Å². The third-order valence-corrected chi connectivity index (χ3v) is 2.94. The van der Waals surface area contributed by atoms with Gasteiger partial charge in [0.25, 0.3) is 0 Å². The van der Waals surface area contributed by atoms with Crippen LogP contribution >= 0.6 is 0 Å². The highest BCUT2D eigenvalue weighted by atomic mass is 16.5. The lowest BCUT2D eigenvalue weighted by Gasteiger charge is -2.10. The number of aromatic nitrogens is 2. The largest absolute Gasteiger partial charge is 0.461 e. The van der Waals surface area contributed by atoms with Crippen molar-refractivity contribution in [3.8, 4) is 0 Å². The molecule has 0 fully saturated rings. The summed E-state index contributed by atoms with van der Waals surface area (Å²) in [6, 6.07) is 3.75. The van der Waals surface area contributed by atoms with Gasteiger partial charge in [-0.2, -0.15) is 0 Å². The van der Waals surface area contributed by atoms with Gasteiger partial charge in [-0.15, -0.1) is 0 Å². The van der Waals surface area contributed by atoms with Crippen molar-refractivity contribution >= 4 is 11.6 Å². The van der Waals surface area contributed by atoms with E-state index in [9.17, 15) is 4.79 Å². The molecule has 5 nitrogen and oxygen atoms in total. The maximum absolute atomic E-state index is 12.0. The van der Waals surface area contributed by atoms with Gasteiger partial charge in [-0.25, -0.2) is 9.78 Å². The van der Waals surface area contributed by atoms with Gasteiger partial charge in [0.15, 0.2) is 0 Å². The molecule has 2 heterocycles. The second-order valence-corrected chi connectivity index (χ2v) is 4.13. The van der Waals surface area contributed by atoms with Crippen LogP contribution in [-0.2, 0) is 11.3 Å². The number of carbonyl (C=O) groups excluding carboxylic acids is 1. The van der Waals surface area contributed by atoms with Crippen molar-refractivity contribution in [3.05, 3.63) is 34.8 Å². The van der Waals surface area contributed by atoms with Gasteiger partial charge in [-0.1, -0.05) is 6.07 Å². The number of pyridine rings is 1. The summed E-state index contributed by atoms with van der Waals surface area (Å²) in [5.41, 5.74) is 9.51. The Balaban J connectivity index is 2.76. The highest BCUT2D eigenvalue weighted by molar-refractivity contribution is 5.90. The average molecular weight is 247 g/mol. The normalized spacial score (nSPS) is 10.9. The van der Waals surface area contributed by atoms with Crippen LogP contribution in [0, 0.1) is 13.8 Å². The standard InChI is InChI=1S/C13H17N3O2/c1-4-18-13(17)12-8(2)5-6-11-15-9(3)10(7-14)16(11)12/h5-6H,4,7,14H2,1-3H3. The average Bonchev–Trinajstić information content (AvgIpc) is 2.64. The molecule has 0 atom stereocenters. The number of nitrogens with two attached hydrogens (primary N) is 1. The number of nitrogens with zero attached hydrogens (tertiary/aromatic N) is 2. The molecule has 0 saturated heterocycles. The van der Waals surface area contributed by atoms with Gasteiger partial charge >= 0.3 is 5.97 Å². The summed E-state index contributed by atoms with van der Waals surface area (Å²) in [4.78, 5) is 16.4. The van der Waals surface area contributed by atoms with Crippen LogP contribution in [0.1, 0.15) is 34.4 Å². The van der Waals surface area contributed by atoms with E-state index in [0.717, 1.165) is 22.6 Å². The molecular weight excluding hydrogens is 230 g/mol. The van der Waals surface area contributed by atoms with Crippen molar-refractivity contribution in [2.45, 2.75) is 27.3 Å². The molecular formula is C13H17N3O2. The first-order valence-electron chi connectivity index (χ1n) is 5.94. The molecule has 0 aliphatic rings. The minimum atomic E-state index is -0.340. The Kier molecular flexibility index (Phi) is 3.34. The van der Waals surface area contributed by atoms with Gasteiger partial charge in [0.2, 0.25) is 0 Å². The Morgan fingerprint density at radius 2 is 2.17 bits per heavy atom. The van der Waals surface area contributed by atoms with Crippen molar-refractivity contribution < 1.29 is 9.53 Å². The molecule has 0 amide bonds. The first kappa shape index (κ1) is 12.6. The van der Waals surface area contributed by atoms with Gasteiger partial charge in [0.05, 0.1) is 18.0 Å². The van der Waals surface area contributed by atoms with Gasteiger partial charge in [0, 0.05) is 6.54 Å². The first-order valence-corrected chi connectivity index (χ1v) is 5.94. The number of esters is 1. The summed E-state index contributed by atoms with van der Waals surface area (Å²) in [7, 11) is 0. The number of imidazole rings is 1. The number of aryl methyl sites for hydroxylation is 2. The summed E-state index contributed by atoms with van der Waals surface area (Å²) in [5.74, 6) is -0.340. The zero-order valence-corrected chi connectivity index (χ0v) is 10.9. The number of hydrogen-bond donors (Lipinski definition) is 1. The van der Waals surface area contributed by atoms with Crippen LogP contribution in [0.2, 0.25) is 0 Å².